The molecule has 0 radical (unpaired) electrons. The first-order chi connectivity index (χ1) is 13.2. The van der Waals surface area contributed by atoms with Crippen molar-refractivity contribution in [3.63, 3.8) is 0 Å². The van der Waals surface area contributed by atoms with Gasteiger partial charge in [0.05, 0.1) is 4.90 Å². The number of nitrogens with one attached hydrogen (secondary N) is 1. The van der Waals surface area contributed by atoms with E-state index >= 15 is 0 Å². The third-order valence-corrected chi connectivity index (χ3v) is 7.58. The number of fused-ring (bicyclic) bond motifs is 1. The lowest BCUT2D eigenvalue weighted by Gasteiger charge is -2.29. The van der Waals surface area contributed by atoms with Gasteiger partial charge in [0.2, 0.25) is 15.9 Å². The summed E-state index contributed by atoms with van der Waals surface area (Å²) in [7, 11) is -0.654. The second-order valence-corrected chi connectivity index (χ2v) is 10.0. The molecule has 28 heavy (non-hydrogen) atoms. The fourth-order valence-electron chi connectivity index (χ4n) is 3.04. The van der Waals surface area contributed by atoms with Gasteiger partial charge in [-0.3, -0.25) is 9.59 Å². The summed E-state index contributed by atoms with van der Waals surface area (Å²) in [6.45, 7) is 2.87. The Morgan fingerprint density at radius 3 is 2.50 bits per heavy atom. The van der Waals surface area contributed by atoms with E-state index < -0.39 is 22.0 Å². The number of nitrogens with zero attached hydrogens (tertiary/aromatic N) is 2. The van der Waals surface area contributed by atoms with E-state index in [9.17, 15) is 18.0 Å². The molecule has 1 aromatic carbocycles. The molecule has 1 N–H and O–H groups in total. The molecule has 1 aromatic heterocycles. The average molecular weight is 422 g/mol. The molecule has 0 aliphatic carbocycles. The lowest BCUT2D eigenvalue weighted by atomic mass is 10.1. The quantitative estimate of drug-likeness (QED) is 0.796. The van der Waals surface area contributed by atoms with Crippen LogP contribution in [0.1, 0.15) is 27.7 Å². The summed E-state index contributed by atoms with van der Waals surface area (Å²) < 4.78 is 25.3. The van der Waals surface area contributed by atoms with Crippen LogP contribution in [0.3, 0.4) is 0 Å². The Balaban J connectivity index is 1.63. The lowest BCUT2D eigenvalue weighted by molar-refractivity contribution is -0.133. The third-order valence-electron chi connectivity index (χ3n) is 4.73. The van der Waals surface area contributed by atoms with Crippen LogP contribution in [-0.4, -0.2) is 56.1 Å². The molecular weight excluding hydrogens is 398 g/mol. The Morgan fingerprint density at radius 2 is 1.86 bits per heavy atom. The fourth-order valence-corrected chi connectivity index (χ4v) is 4.83. The zero-order valence-corrected chi connectivity index (χ0v) is 17.6. The van der Waals surface area contributed by atoms with Gasteiger partial charge in [-0.1, -0.05) is 0 Å². The van der Waals surface area contributed by atoms with Crippen LogP contribution in [0.15, 0.2) is 40.6 Å². The molecule has 0 saturated heterocycles. The Hall–Kier alpha value is -2.23. The maximum Gasteiger partial charge on any atom is 0.251 e. The predicted molar refractivity (Wildman–Crippen MR) is 108 cm³/mol. The molecule has 7 nitrogen and oxygen atoms in total. The Kier molecular flexibility index (Phi) is 5.87. The number of thiophene rings is 1. The molecule has 0 fully saturated rings. The van der Waals surface area contributed by atoms with Crippen LogP contribution in [-0.2, 0) is 27.8 Å². The van der Waals surface area contributed by atoms with Crippen LogP contribution >= 0.6 is 11.3 Å². The maximum absolute atomic E-state index is 12.7. The summed E-state index contributed by atoms with van der Waals surface area (Å²) in [5, 5.41) is 4.74. The number of amides is 2. The Bertz CT molecular complexity index is 981. The second kappa shape index (κ2) is 8.02. The minimum Gasteiger partial charge on any atom is -0.341 e. The van der Waals surface area contributed by atoms with Crippen molar-refractivity contribution in [2.24, 2.45) is 0 Å². The van der Waals surface area contributed by atoms with Gasteiger partial charge in [-0.05, 0) is 54.6 Å². The van der Waals surface area contributed by atoms with Crippen molar-refractivity contribution in [1.82, 2.24) is 14.5 Å². The molecule has 9 heteroatoms. The highest BCUT2D eigenvalue weighted by Gasteiger charge is 2.26. The number of carbonyl (C=O) groups is 2. The van der Waals surface area contributed by atoms with Crippen LogP contribution in [0, 0.1) is 0 Å². The zero-order valence-electron chi connectivity index (χ0n) is 16.0. The highest BCUT2D eigenvalue weighted by atomic mass is 32.2. The molecule has 2 heterocycles. The Labute approximate surface area is 169 Å². The molecule has 0 saturated carbocycles. The van der Waals surface area contributed by atoms with Crippen molar-refractivity contribution in [2.45, 2.75) is 30.8 Å². The molecule has 0 spiro atoms. The average Bonchev–Trinajstić information content (AvgIpc) is 3.15. The van der Waals surface area contributed by atoms with Crippen LogP contribution in [0.2, 0.25) is 0 Å². The summed E-state index contributed by atoms with van der Waals surface area (Å²) in [6, 6.07) is 7.03. The minimum absolute atomic E-state index is 0.109. The van der Waals surface area contributed by atoms with E-state index in [1.54, 1.807) is 23.2 Å². The van der Waals surface area contributed by atoms with Gasteiger partial charge in [-0.2, -0.15) is 0 Å². The van der Waals surface area contributed by atoms with Gasteiger partial charge in [-0.15, -0.1) is 11.3 Å². The standard InChI is InChI=1S/C19H23N3O4S2/c1-13(19(24)22-10-8-17-15(12-22)9-11-27-17)20-18(23)14-4-6-16(7-5-14)28(25,26)21(2)3/h4-7,9,11,13H,8,10,12H2,1-3H3,(H,20,23)/t13-/m1/s1. The molecule has 2 aromatic rings. The van der Waals surface area contributed by atoms with Crippen molar-refractivity contribution >= 4 is 33.2 Å². The first-order valence-corrected chi connectivity index (χ1v) is 11.2. The molecule has 1 aliphatic heterocycles. The minimum atomic E-state index is -3.55. The molecule has 3 rings (SSSR count). The monoisotopic (exact) mass is 421 g/mol. The van der Waals surface area contributed by atoms with E-state index in [4.69, 9.17) is 0 Å². The number of hydrogen-bond acceptors (Lipinski definition) is 5. The smallest absolute Gasteiger partial charge is 0.251 e. The van der Waals surface area contributed by atoms with Gasteiger partial charge in [0.15, 0.2) is 0 Å². The number of carbonyl (C=O) groups excluding carboxylic acids is 2. The molecule has 150 valence electrons. The Morgan fingerprint density at radius 1 is 1.18 bits per heavy atom. The summed E-state index contributed by atoms with van der Waals surface area (Å²) >= 11 is 1.71. The number of benzene rings is 1. The molecule has 0 bridgehead atoms. The van der Waals surface area contributed by atoms with Gasteiger partial charge >= 0.3 is 0 Å². The van der Waals surface area contributed by atoms with E-state index in [2.05, 4.69) is 5.32 Å². The van der Waals surface area contributed by atoms with Crippen LogP contribution < -0.4 is 5.32 Å². The van der Waals surface area contributed by atoms with Gasteiger partial charge in [0.1, 0.15) is 6.04 Å². The van der Waals surface area contributed by atoms with Gasteiger partial charge in [-0.25, -0.2) is 12.7 Å². The number of sulfonamides is 1. The highest BCUT2D eigenvalue weighted by Crippen LogP contribution is 2.24. The number of rotatable bonds is 5. The summed E-state index contributed by atoms with van der Waals surface area (Å²) in [5.74, 6) is -0.542. The van der Waals surface area contributed by atoms with Crippen LogP contribution in [0.4, 0.5) is 0 Å². The highest BCUT2D eigenvalue weighted by molar-refractivity contribution is 7.89. The first kappa shape index (κ1) is 20.5. The van der Waals surface area contributed by atoms with Gasteiger partial charge in [0, 0.05) is 37.6 Å². The molecule has 1 atom stereocenters. The molecule has 0 unspecified atom stereocenters. The van der Waals surface area contributed by atoms with Crippen molar-refractivity contribution in [3.8, 4) is 0 Å². The lowest BCUT2D eigenvalue weighted by Crippen LogP contribution is -2.48. The van der Waals surface area contributed by atoms with Crippen LogP contribution in [0.25, 0.3) is 0 Å². The van der Waals surface area contributed by atoms with E-state index in [0.29, 0.717) is 18.7 Å². The SMILES string of the molecule is C[C@@H](NC(=O)c1ccc(S(=O)(=O)N(C)C)cc1)C(=O)N1CCc2sccc2C1. The third kappa shape index (κ3) is 4.11. The molecular formula is C19H23N3O4S2. The summed E-state index contributed by atoms with van der Waals surface area (Å²) in [4.78, 5) is 28.3. The van der Waals surface area contributed by atoms with E-state index in [-0.39, 0.29) is 10.8 Å². The van der Waals surface area contributed by atoms with E-state index in [0.717, 1.165) is 10.7 Å². The van der Waals surface area contributed by atoms with Crippen molar-refractivity contribution in [2.75, 3.05) is 20.6 Å². The normalized spacial score (nSPS) is 15.2. The van der Waals surface area contributed by atoms with Crippen LogP contribution in [0.5, 0.6) is 0 Å². The molecule has 1 aliphatic rings. The van der Waals surface area contributed by atoms with Crippen molar-refractivity contribution in [3.05, 3.63) is 51.7 Å². The van der Waals surface area contributed by atoms with Gasteiger partial charge < -0.3 is 10.2 Å². The fraction of sp³-hybridized carbons (Fsp3) is 0.368. The van der Waals surface area contributed by atoms with E-state index in [1.807, 2.05) is 11.4 Å². The van der Waals surface area contributed by atoms with Crippen molar-refractivity contribution < 1.29 is 18.0 Å². The predicted octanol–water partition coefficient (Wildman–Crippen LogP) is 1.70. The number of hydrogen-bond donors (Lipinski definition) is 1. The van der Waals surface area contributed by atoms with E-state index in [1.165, 1.54) is 48.8 Å². The van der Waals surface area contributed by atoms with Gasteiger partial charge in [0.25, 0.3) is 5.91 Å². The first-order valence-electron chi connectivity index (χ1n) is 8.87. The van der Waals surface area contributed by atoms with Crippen molar-refractivity contribution in [1.29, 1.82) is 0 Å². The summed E-state index contributed by atoms with van der Waals surface area (Å²) in [6.07, 6.45) is 0.835. The second-order valence-electron chi connectivity index (χ2n) is 6.89. The largest absolute Gasteiger partial charge is 0.341 e. The zero-order chi connectivity index (χ0) is 20.5. The summed E-state index contributed by atoms with van der Waals surface area (Å²) in [5.41, 5.74) is 1.47. The maximum atomic E-state index is 12.7. The topological polar surface area (TPSA) is 86.8 Å². The molecule has 2 amide bonds.